The van der Waals surface area contributed by atoms with Gasteiger partial charge in [-0.05, 0) is 25.0 Å². The van der Waals surface area contributed by atoms with Gasteiger partial charge in [0, 0.05) is 5.92 Å². The number of nitrogens with one attached hydrogen (secondary N) is 1. The summed E-state index contributed by atoms with van der Waals surface area (Å²) in [5.41, 5.74) is 0.0261. The molecule has 0 saturated heterocycles. The second-order valence-electron chi connectivity index (χ2n) is 4.02. The van der Waals surface area contributed by atoms with Crippen LogP contribution in [0.4, 0.5) is 9.52 Å². The maximum absolute atomic E-state index is 12.9. The molecule has 0 aromatic carbocycles. The Labute approximate surface area is 106 Å². The Morgan fingerprint density at radius 3 is 2.94 bits per heavy atom. The zero-order chi connectivity index (χ0) is 12.5. The van der Waals surface area contributed by atoms with E-state index in [2.05, 4.69) is 20.5 Å². The average Bonchev–Trinajstić information content (AvgIpc) is 3.11. The number of halogens is 1. The van der Waals surface area contributed by atoms with Crippen molar-refractivity contribution in [3.8, 4) is 0 Å². The van der Waals surface area contributed by atoms with E-state index in [-0.39, 0.29) is 5.69 Å². The van der Waals surface area contributed by atoms with Gasteiger partial charge >= 0.3 is 0 Å². The van der Waals surface area contributed by atoms with Crippen molar-refractivity contribution in [1.29, 1.82) is 0 Å². The summed E-state index contributed by atoms with van der Waals surface area (Å²) in [6.45, 7) is 0. The molecule has 1 fully saturated rings. The molecule has 0 spiro atoms. The monoisotopic (exact) mass is 264 g/mol. The summed E-state index contributed by atoms with van der Waals surface area (Å²) in [7, 11) is 0. The molecule has 1 aliphatic carbocycles. The van der Waals surface area contributed by atoms with E-state index in [1.165, 1.54) is 29.5 Å². The van der Waals surface area contributed by atoms with Crippen LogP contribution in [0.15, 0.2) is 18.2 Å². The Morgan fingerprint density at radius 2 is 2.22 bits per heavy atom. The number of nitrogens with zero attached hydrogens (tertiary/aromatic N) is 3. The lowest BCUT2D eigenvalue weighted by molar-refractivity contribution is 0.102. The lowest BCUT2D eigenvalue weighted by atomic mass is 10.3. The molecule has 1 aliphatic rings. The SMILES string of the molecule is O=C(Nc1nnc(C2CC2)s1)c1cccc(F)n1. The number of carbonyl (C=O) groups is 1. The fourth-order valence-corrected chi connectivity index (χ4v) is 2.38. The van der Waals surface area contributed by atoms with Crippen LogP contribution >= 0.6 is 11.3 Å². The average molecular weight is 264 g/mol. The molecular weight excluding hydrogens is 255 g/mol. The lowest BCUT2D eigenvalue weighted by Crippen LogP contribution is -2.13. The third-order valence-electron chi connectivity index (χ3n) is 2.54. The third kappa shape index (κ3) is 2.35. The normalized spacial score (nSPS) is 14.5. The Balaban J connectivity index is 1.73. The van der Waals surface area contributed by atoms with Gasteiger partial charge in [-0.1, -0.05) is 17.4 Å². The van der Waals surface area contributed by atoms with Crippen LogP contribution in [-0.4, -0.2) is 21.1 Å². The molecule has 7 heteroatoms. The molecule has 1 saturated carbocycles. The maximum Gasteiger partial charge on any atom is 0.276 e. The van der Waals surface area contributed by atoms with Crippen LogP contribution in [-0.2, 0) is 0 Å². The molecule has 2 heterocycles. The minimum atomic E-state index is -0.682. The first-order chi connectivity index (χ1) is 8.72. The molecular formula is C11H9FN4OS. The standard InChI is InChI=1S/C11H9FN4OS/c12-8-3-1-2-7(13-8)9(17)14-11-16-15-10(18-11)6-4-5-6/h1-3,6H,4-5H2,(H,14,16,17). The lowest BCUT2D eigenvalue weighted by Gasteiger charge is -1.99. The number of aromatic nitrogens is 3. The zero-order valence-corrected chi connectivity index (χ0v) is 10.1. The molecule has 0 radical (unpaired) electrons. The number of pyridine rings is 1. The van der Waals surface area contributed by atoms with Crippen LogP contribution in [0.3, 0.4) is 0 Å². The molecule has 1 N–H and O–H groups in total. The first-order valence-corrected chi connectivity index (χ1v) is 6.31. The third-order valence-corrected chi connectivity index (χ3v) is 3.54. The first-order valence-electron chi connectivity index (χ1n) is 5.49. The van der Waals surface area contributed by atoms with Crippen molar-refractivity contribution >= 4 is 22.4 Å². The van der Waals surface area contributed by atoms with Crippen molar-refractivity contribution in [3.05, 3.63) is 34.8 Å². The summed E-state index contributed by atoms with van der Waals surface area (Å²) in [6, 6.07) is 4.07. The van der Waals surface area contributed by atoms with Gasteiger partial charge in [0.2, 0.25) is 11.1 Å². The van der Waals surface area contributed by atoms with Gasteiger partial charge in [0.15, 0.2) is 0 Å². The van der Waals surface area contributed by atoms with Crippen molar-refractivity contribution in [3.63, 3.8) is 0 Å². The van der Waals surface area contributed by atoms with Gasteiger partial charge in [-0.15, -0.1) is 10.2 Å². The van der Waals surface area contributed by atoms with Crippen molar-refractivity contribution in [2.45, 2.75) is 18.8 Å². The highest BCUT2D eigenvalue weighted by molar-refractivity contribution is 7.15. The molecule has 92 valence electrons. The molecule has 0 unspecified atom stereocenters. The van der Waals surface area contributed by atoms with E-state index >= 15 is 0 Å². The smallest absolute Gasteiger partial charge is 0.276 e. The van der Waals surface area contributed by atoms with Gasteiger partial charge in [0.25, 0.3) is 5.91 Å². The zero-order valence-electron chi connectivity index (χ0n) is 9.26. The van der Waals surface area contributed by atoms with Crippen LogP contribution in [0.25, 0.3) is 0 Å². The van der Waals surface area contributed by atoms with Crippen molar-refractivity contribution < 1.29 is 9.18 Å². The van der Waals surface area contributed by atoms with Crippen molar-refractivity contribution in [1.82, 2.24) is 15.2 Å². The number of carbonyl (C=O) groups excluding carboxylic acids is 1. The quantitative estimate of drug-likeness (QED) is 0.863. The van der Waals surface area contributed by atoms with Crippen LogP contribution in [0, 0.1) is 5.95 Å². The topological polar surface area (TPSA) is 67.8 Å². The van der Waals surface area contributed by atoms with E-state index in [4.69, 9.17) is 0 Å². The molecule has 3 rings (SSSR count). The summed E-state index contributed by atoms with van der Waals surface area (Å²) in [5, 5.41) is 11.8. The predicted octanol–water partition coefficient (Wildman–Crippen LogP) is 2.20. The highest BCUT2D eigenvalue weighted by Gasteiger charge is 2.27. The van der Waals surface area contributed by atoms with Gasteiger partial charge in [-0.3, -0.25) is 10.1 Å². The minimum Gasteiger partial charge on any atom is -0.295 e. The Hall–Kier alpha value is -1.89. The van der Waals surface area contributed by atoms with Crippen LogP contribution < -0.4 is 5.32 Å². The predicted molar refractivity (Wildman–Crippen MR) is 64.0 cm³/mol. The number of amides is 1. The fourth-order valence-electron chi connectivity index (χ4n) is 1.48. The highest BCUT2D eigenvalue weighted by atomic mass is 32.1. The fraction of sp³-hybridized carbons (Fsp3) is 0.273. The van der Waals surface area contributed by atoms with Gasteiger partial charge in [-0.25, -0.2) is 4.98 Å². The summed E-state index contributed by atoms with van der Waals surface area (Å²) < 4.78 is 12.9. The summed E-state index contributed by atoms with van der Waals surface area (Å²) in [4.78, 5) is 15.3. The molecule has 2 aromatic heterocycles. The Kier molecular flexibility index (Phi) is 2.75. The van der Waals surface area contributed by atoms with Crippen LogP contribution in [0.1, 0.15) is 34.3 Å². The van der Waals surface area contributed by atoms with Crippen LogP contribution in [0.5, 0.6) is 0 Å². The molecule has 18 heavy (non-hydrogen) atoms. The Morgan fingerprint density at radius 1 is 1.39 bits per heavy atom. The minimum absolute atomic E-state index is 0.0261. The van der Waals surface area contributed by atoms with E-state index in [0.29, 0.717) is 11.0 Å². The highest BCUT2D eigenvalue weighted by Crippen LogP contribution is 2.42. The number of hydrogen-bond acceptors (Lipinski definition) is 5. The number of hydrogen-bond donors (Lipinski definition) is 1. The van der Waals surface area contributed by atoms with Crippen molar-refractivity contribution in [2.75, 3.05) is 5.32 Å². The molecule has 0 aliphatic heterocycles. The van der Waals surface area contributed by atoms with Gasteiger partial charge in [0.1, 0.15) is 10.7 Å². The van der Waals surface area contributed by atoms with E-state index in [1.54, 1.807) is 0 Å². The molecule has 1 amide bonds. The number of rotatable bonds is 3. The van der Waals surface area contributed by atoms with Crippen LogP contribution in [0.2, 0.25) is 0 Å². The first kappa shape index (κ1) is 11.2. The van der Waals surface area contributed by atoms with Gasteiger partial charge in [-0.2, -0.15) is 4.39 Å². The summed E-state index contributed by atoms with van der Waals surface area (Å²) in [5.74, 6) is -0.660. The molecule has 0 atom stereocenters. The van der Waals surface area contributed by atoms with Crippen molar-refractivity contribution in [2.24, 2.45) is 0 Å². The largest absolute Gasteiger partial charge is 0.295 e. The van der Waals surface area contributed by atoms with Gasteiger partial charge < -0.3 is 0 Å². The van der Waals surface area contributed by atoms with E-state index in [0.717, 1.165) is 17.8 Å². The molecule has 5 nitrogen and oxygen atoms in total. The maximum atomic E-state index is 12.9. The van der Waals surface area contributed by atoms with E-state index in [1.807, 2.05) is 0 Å². The van der Waals surface area contributed by atoms with E-state index < -0.39 is 11.9 Å². The molecule has 2 aromatic rings. The summed E-state index contributed by atoms with van der Waals surface area (Å²) >= 11 is 1.35. The molecule has 0 bridgehead atoms. The second kappa shape index (κ2) is 4.41. The van der Waals surface area contributed by atoms with E-state index in [9.17, 15) is 9.18 Å². The second-order valence-corrected chi connectivity index (χ2v) is 5.03. The van der Waals surface area contributed by atoms with Gasteiger partial charge in [0.05, 0.1) is 0 Å². The Bertz CT molecular complexity index is 596. The number of anilines is 1. The summed E-state index contributed by atoms with van der Waals surface area (Å²) in [6.07, 6.45) is 2.27.